The topological polar surface area (TPSA) is 85.8 Å². The number of nitrogens with zero attached hydrogens (tertiary/aromatic N) is 3. The predicted octanol–water partition coefficient (Wildman–Crippen LogP) is -0.151. The van der Waals surface area contributed by atoms with Gasteiger partial charge in [0.2, 0.25) is 5.91 Å². The fourth-order valence-corrected chi connectivity index (χ4v) is 2.69. The number of nitrogens with two attached hydrogens (primary N) is 1. The van der Waals surface area contributed by atoms with Crippen LogP contribution in [-0.2, 0) is 18.3 Å². The number of hydrogen-bond donors (Lipinski definition) is 2. The summed E-state index contributed by atoms with van der Waals surface area (Å²) >= 11 is 0. The third kappa shape index (κ3) is 2.53. The second-order valence-electron chi connectivity index (χ2n) is 5.34. The van der Waals surface area contributed by atoms with Crippen molar-refractivity contribution >= 4 is 5.91 Å². The molecule has 1 aromatic rings. The van der Waals surface area contributed by atoms with Gasteiger partial charge in [0.15, 0.2) is 5.82 Å². The standard InChI is InChI=1S/C12H21N5O/c1-9-5-12(6-9,7-13)11(18)14-4-3-10-15-8-17(2)16-10/h8-9H,3-7,13H2,1-2H3,(H,14,18). The zero-order chi connectivity index (χ0) is 13.2. The van der Waals surface area contributed by atoms with Crippen molar-refractivity contribution in [3.8, 4) is 0 Å². The molecule has 0 radical (unpaired) electrons. The first kappa shape index (κ1) is 13.0. The first-order chi connectivity index (χ1) is 8.55. The molecule has 0 atom stereocenters. The molecule has 0 unspecified atom stereocenters. The number of carbonyl (C=O) groups is 1. The lowest BCUT2D eigenvalue weighted by atomic mass is 9.62. The van der Waals surface area contributed by atoms with E-state index in [-0.39, 0.29) is 11.3 Å². The molecule has 1 saturated carbocycles. The summed E-state index contributed by atoms with van der Waals surface area (Å²) in [5.74, 6) is 1.44. The molecular weight excluding hydrogens is 230 g/mol. The van der Waals surface area contributed by atoms with Gasteiger partial charge in [0, 0.05) is 26.6 Å². The summed E-state index contributed by atoms with van der Waals surface area (Å²) < 4.78 is 1.66. The van der Waals surface area contributed by atoms with Crippen LogP contribution in [0.25, 0.3) is 0 Å². The summed E-state index contributed by atoms with van der Waals surface area (Å²) in [5, 5.41) is 7.11. The Hall–Kier alpha value is -1.43. The molecule has 1 heterocycles. The molecule has 6 nitrogen and oxygen atoms in total. The normalized spacial score (nSPS) is 26.7. The van der Waals surface area contributed by atoms with Crippen LogP contribution in [0.4, 0.5) is 0 Å². The predicted molar refractivity (Wildman–Crippen MR) is 67.6 cm³/mol. The van der Waals surface area contributed by atoms with Crippen LogP contribution in [0.5, 0.6) is 0 Å². The van der Waals surface area contributed by atoms with Gasteiger partial charge in [-0.25, -0.2) is 4.98 Å². The first-order valence-corrected chi connectivity index (χ1v) is 6.38. The van der Waals surface area contributed by atoms with Crippen molar-refractivity contribution in [1.29, 1.82) is 0 Å². The average molecular weight is 251 g/mol. The number of nitrogens with one attached hydrogen (secondary N) is 1. The molecule has 0 aliphatic heterocycles. The van der Waals surface area contributed by atoms with E-state index in [1.54, 1.807) is 11.0 Å². The van der Waals surface area contributed by atoms with Gasteiger partial charge >= 0.3 is 0 Å². The lowest BCUT2D eigenvalue weighted by Gasteiger charge is -2.44. The number of amides is 1. The zero-order valence-corrected chi connectivity index (χ0v) is 11.0. The van der Waals surface area contributed by atoms with Crippen molar-refractivity contribution in [2.45, 2.75) is 26.2 Å². The van der Waals surface area contributed by atoms with Crippen molar-refractivity contribution in [3.05, 3.63) is 12.2 Å². The Morgan fingerprint density at radius 1 is 1.67 bits per heavy atom. The summed E-state index contributed by atoms with van der Waals surface area (Å²) in [7, 11) is 1.83. The fraction of sp³-hybridized carbons (Fsp3) is 0.750. The van der Waals surface area contributed by atoms with Crippen molar-refractivity contribution in [2.24, 2.45) is 24.1 Å². The summed E-state index contributed by atoms with van der Waals surface area (Å²) in [4.78, 5) is 16.2. The van der Waals surface area contributed by atoms with Crippen LogP contribution in [0, 0.1) is 11.3 Å². The lowest BCUT2D eigenvalue weighted by molar-refractivity contribution is -0.138. The summed E-state index contributed by atoms with van der Waals surface area (Å²) in [5.41, 5.74) is 5.41. The molecule has 0 bridgehead atoms. The second-order valence-corrected chi connectivity index (χ2v) is 5.34. The summed E-state index contributed by atoms with van der Waals surface area (Å²) in [6.45, 7) is 3.16. The Morgan fingerprint density at radius 3 is 2.89 bits per heavy atom. The van der Waals surface area contributed by atoms with E-state index in [4.69, 9.17) is 5.73 Å². The van der Waals surface area contributed by atoms with Crippen LogP contribution in [0.15, 0.2) is 6.33 Å². The van der Waals surface area contributed by atoms with Crippen LogP contribution in [-0.4, -0.2) is 33.8 Å². The molecule has 0 aromatic carbocycles. The molecule has 1 fully saturated rings. The maximum Gasteiger partial charge on any atom is 0.227 e. The van der Waals surface area contributed by atoms with Crippen LogP contribution < -0.4 is 11.1 Å². The third-order valence-corrected chi connectivity index (χ3v) is 3.63. The quantitative estimate of drug-likeness (QED) is 0.762. The van der Waals surface area contributed by atoms with Crippen LogP contribution in [0.3, 0.4) is 0 Å². The van der Waals surface area contributed by atoms with Crippen LogP contribution in [0.2, 0.25) is 0 Å². The number of aromatic nitrogens is 3. The van der Waals surface area contributed by atoms with Crippen LogP contribution >= 0.6 is 0 Å². The van der Waals surface area contributed by atoms with E-state index in [2.05, 4.69) is 22.3 Å². The van der Waals surface area contributed by atoms with Gasteiger partial charge < -0.3 is 11.1 Å². The molecule has 0 spiro atoms. The average Bonchev–Trinajstić information content (AvgIpc) is 2.70. The van der Waals surface area contributed by atoms with Gasteiger partial charge in [-0.15, -0.1) is 0 Å². The zero-order valence-electron chi connectivity index (χ0n) is 11.0. The molecule has 1 aliphatic carbocycles. The first-order valence-electron chi connectivity index (χ1n) is 6.38. The summed E-state index contributed by atoms with van der Waals surface area (Å²) in [6, 6.07) is 0. The molecule has 1 amide bonds. The SMILES string of the molecule is CC1CC(CN)(C(=O)NCCc2ncn(C)n2)C1. The largest absolute Gasteiger partial charge is 0.355 e. The monoisotopic (exact) mass is 251 g/mol. The van der Waals surface area contributed by atoms with Gasteiger partial charge in [-0.2, -0.15) is 5.10 Å². The Kier molecular flexibility index (Phi) is 3.65. The Balaban J connectivity index is 1.78. The maximum absolute atomic E-state index is 12.1. The number of carbonyl (C=O) groups excluding carboxylic acids is 1. The lowest BCUT2D eigenvalue weighted by Crippen LogP contribution is -2.53. The van der Waals surface area contributed by atoms with Crippen molar-refractivity contribution in [2.75, 3.05) is 13.1 Å². The minimum absolute atomic E-state index is 0.0824. The molecule has 0 saturated heterocycles. The molecular formula is C12H21N5O. The van der Waals surface area contributed by atoms with Gasteiger partial charge in [-0.3, -0.25) is 9.48 Å². The van der Waals surface area contributed by atoms with Crippen molar-refractivity contribution in [3.63, 3.8) is 0 Å². The highest BCUT2D eigenvalue weighted by Crippen LogP contribution is 2.44. The van der Waals surface area contributed by atoms with E-state index >= 15 is 0 Å². The Bertz CT molecular complexity index is 422. The molecule has 1 aromatic heterocycles. The molecule has 1 aliphatic rings. The van der Waals surface area contributed by atoms with Gasteiger partial charge in [-0.1, -0.05) is 6.92 Å². The van der Waals surface area contributed by atoms with Crippen molar-refractivity contribution < 1.29 is 4.79 Å². The molecule has 18 heavy (non-hydrogen) atoms. The highest BCUT2D eigenvalue weighted by Gasteiger charge is 2.46. The third-order valence-electron chi connectivity index (χ3n) is 3.63. The van der Waals surface area contributed by atoms with E-state index in [1.165, 1.54) is 0 Å². The Labute approximate surface area is 107 Å². The minimum Gasteiger partial charge on any atom is -0.355 e. The van der Waals surface area contributed by atoms with Crippen LogP contribution in [0.1, 0.15) is 25.6 Å². The number of rotatable bonds is 5. The van der Waals surface area contributed by atoms with E-state index in [1.807, 2.05) is 7.05 Å². The highest BCUT2D eigenvalue weighted by molar-refractivity contribution is 5.83. The highest BCUT2D eigenvalue weighted by atomic mass is 16.2. The van der Waals surface area contributed by atoms with Gasteiger partial charge in [-0.05, 0) is 18.8 Å². The minimum atomic E-state index is -0.322. The van der Waals surface area contributed by atoms with Gasteiger partial charge in [0.05, 0.1) is 5.41 Å². The van der Waals surface area contributed by atoms with Gasteiger partial charge in [0.25, 0.3) is 0 Å². The molecule has 2 rings (SSSR count). The van der Waals surface area contributed by atoms with Gasteiger partial charge in [0.1, 0.15) is 6.33 Å². The van der Waals surface area contributed by atoms with E-state index in [9.17, 15) is 4.79 Å². The second kappa shape index (κ2) is 5.06. The molecule has 3 N–H and O–H groups in total. The molecule has 6 heteroatoms. The van der Waals surface area contributed by atoms with E-state index in [0.717, 1.165) is 18.7 Å². The number of aryl methyl sites for hydroxylation is 1. The van der Waals surface area contributed by atoms with Crippen molar-refractivity contribution in [1.82, 2.24) is 20.1 Å². The molecule has 100 valence electrons. The number of hydrogen-bond acceptors (Lipinski definition) is 4. The Morgan fingerprint density at radius 2 is 2.39 bits per heavy atom. The smallest absolute Gasteiger partial charge is 0.227 e. The summed E-state index contributed by atoms with van der Waals surface area (Å²) in [6.07, 6.45) is 4.11. The van der Waals surface area contributed by atoms with E-state index in [0.29, 0.717) is 25.4 Å². The fourth-order valence-electron chi connectivity index (χ4n) is 2.69. The maximum atomic E-state index is 12.1. The van der Waals surface area contributed by atoms with E-state index < -0.39 is 0 Å².